The zero-order valence-corrected chi connectivity index (χ0v) is 33.9. The molecule has 0 aliphatic carbocycles. The van der Waals surface area contributed by atoms with Crippen LogP contribution in [0.3, 0.4) is 0 Å². The van der Waals surface area contributed by atoms with Crippen LogP contribution in [-0.4, -0.2) is 4.57 Å². The number of nitrogens with zero attached hydrogens (tertiary/aromatic N) is 1. The SMILES string of the molecule is c1ccc(-c2c(-c3ccccc3)c(-c3ccccc3)c3c(c2-c2ccccc2)c2cc(-c4cccc(-c5cccc6c5oc5ccccc56)c4)ccc2n3-c2ccccc2)cc1. The maximum Gasteiger partial charge on any atom is 0.143 e. The molecule has 10 aromatic carbocycles. The Morgan fingerprint density at radius 3 is 1.45 bits per heavy atom. The van der Waals surface area contributed by atoms with Crippen LogP contribution in [0.4, 0.5) is 0 Å². The summed E-state index contributed by atoms with van der Waals surface area (Å²) in [6.45, 7) is 0. The molecular weight excluding hydrogens is 751 g/mol. The van der Waals surface area contributed by atoms with Gasteiger partial charge in [0.15, 0.2) is 0 Å². The van der Waals surface area contributed by atoms with Gasteiger partial charge in [0.25, 0.3) is 0 Å². The van der Waals surface area contributed by atoms with Crippen molar-refractivity contribution >= 4 is 43.7 Å². The van der Waals surface area contributed by atoms with E-state index in [-0.39, 0.29) is 0 Å². The highest BCUT2D eigenvalue weighted by molar-refractivity contribution is 6.27. The summed E-state index contributed by atoms with van der Waals surface area (Å²) in [5, 5.41) is 4.68. The molecule has 0 saturated carbocycles. The van der Waals surface area contributed by atoms with Gasteiger partial charge in [0.1, 0.15) is 11.2 Å². The minimum Gasteiger partial charge on any atom is -0.455 e. The number of hydrogen-bond donors (Lipinski definition) is 0. The molecule has 0 bridgehead atoms. The van der Waals surface area contributed by atoms with Crippen LogP contribution in [0.1, 0.15) is 0 Å². The van der Waals surface area contributed by atoms with E-state index in [1.165, 1.54) is 60.8 Å². The molecule has 2 heteroatoms. The third-order valence-electron chi connectivity index (χ3n) is 12.4. The van der Waals surface area contributed by atoms with Gasteiger partial charge in [-0.2, -0.15) is 0 Å². The van der Waals surface area contributed by atoms with Crippen molar-refractivity contribution in [1.82, 2.24) is 4.57 Å². The maximum atomic E-state index is 6.52. The van der Waals surface area contributed by atoms with E-state index in [0.717, 1.165) is 55.4 Å². The standard InChI is InChI=1S/C60H39NO/c1-6-20-40(21-7-1)54-55(41-22-8-2-9-23-41)57(43-26-12-4-13-27-43)59-58(56(54)42-24-10-3-11-25-42)51-39-45(36-37-52(51)61(59)47-30-14-5-15-31-47)44-28-18-29-46(38-44)48-33-19-34-50-49-32-16-17-35-53(49)62-60(48)50/h1-39H. The maximum absolute atomic E-state index is 6.52. The Morgan fingerprint density at radius 1 is 0.306 bits per heavy atom. The normalized spacial score (nSPS) is 11.5. The number of furan rings is 1. The number of benzene rings is 10. The number of hydrogen-bond acceptors (Lipinski definition) is 1. The molecule has 0 aliphatic rings. The van der Waals surface area contributed by atoms with Crippen LogP contribution in [0.2, 0.25) is 0 Å². The molecule has 0 fully saturated rings. The minimum absolute atomic E-state index is 0.903. The molecule has 12 rings (SSSR count). The lowest BCUT2D eigenvalue weighted by Gasteiger charge is -2.24. The monoisotopic (exact) mass is 789 g/mol. The van der Waals surface area contributed by atoms with Crippen molar-refractivity contribution in [3.8, 4) is 72.4 Å². The van der Waals surface area contributed by atoms with Crippen molar-refractivity contribution in [2.45, 2.75) is 0 Å². The van der Waals surface area contributed by atoms with E-state index < -0.39 is 0 Å². The Hall–Kier alpha value is -8.20. The first-order chi connectivity index (χ1) is 30.8. The van der Waals surface area contributed by atoms with Crippen LogP contribution in [0.15, 0.2) is 241 Å². The van der Waals surface area contributed by atoms with Gasteiger partial charge in [-0.1, -0.05) is 200 Å². The third-order valence-corrected chi connectivity index (χ3v) is 12.4. The summed E-state index contributed by atoms with van der Waals surface area (Å²) in [7, 11) is 0. The fourth-order valence-electron chi connectivity index (χ4n) is 9.71. The molecule has 0 spiro atoms. The second-order valence-corrected chi connectivity index (χ2v) is 16.0. The van der Waals surface area contributed by atoms with Gasteiger partial charge in [0, 0.05) is 49.5 Å². The number of aromatic nitrogens is 1. The van der Waals surface area contributed by atoms with Crippen LogP contribution in [-0.2, 0) is 0 Å². The Balaban J connectivity index is 1.23. The zero-order valence-electron chi connectivity index (χ0n) is 33.9. The average molecular weight is 790 g/mol. The first kappa shape index (κ1) is 35.7. The van der Waals surface area contributed by atoms with Crippen LogP contribution in [0.25, 0.3) is 116 Å². The Bertz CT molecular complexity index is 3590. The highest BCUT2D eigenvalue weighted by atomic mass is 16.3. The van der Waals surface area contributed by atoms with E-state index in [0.29, 0.717) is 0 Å². The van der Waals surface area contributed by atoms with E-state index in [2.05, 4.69) is 235 Å². The summed E-state index contributed by atoms with van der Waals surface area (Å²) in [5.41, 5.74) is 19.3. The number of para-hydroxylation sites is 3. The van der Waals surface area contributed by atoms with Crippen LogP contribution in [0.5, 0.6) is 0 Å². The Morgan fingerprint density at radius 2 is 0.790 bits per heavy atom. The molecule has 0 radical (unpaired) electrons. The number of rotatable bonds is 7. The Labute approximate surface area is 360 Å². The largest absolute Gasteiger partial charge is 0.455 e. The average Bonchev–Trinajstić information content (AvgIpc) is 3.90. The fraction of sp³-hybridized carbons (Fsp3) is 0. The highest BCUT2D eigenvalue weighted by Gasteiger charge is 2.29. The van der Waals surface area contributed by atoms with E-state index in [4.69, 9.17) is 4.42 Å². The first-order valence-electron chi connectivity index (χ1n) is 21.3. The summed E-state index contributed by atoms with van der Waals surface area (Å²) in [4.78, 5) is 0. The Kier molecular flexibility index (Phi) is 8.53. The minimum atomic E-state index is 0.903. The molecule has 2 aromatic heterocycles. The van der Waals surface area contributed by atoms with Crippen molar-refractivity contribution in [2.24, 2.45) is 0 Å². The van der Waals surface area contributed by atoms with Crippen molar-refractivity contribution in [1.29, 1.82) is 0 Å². The van der Waals surface area contributed by atoms with Crippen LogP contribution >= 0.6 is 0 Å². The topological polar surface area (TPSA) is 18.1 Å². The summed E-state index contributed by atoms with van der Waals surface area (Å²) in [5.74, 6) is 0. The van der Waals surface area contributed by atoms with Gasteiger partial charge in [0.05, 0.1) is 11.0 Å². The van der Waals surface area contributed by atoms with Crippen LogP contribution < -0.4 is 0 Å². The molecule has 62 heavy (non-hydrogen) atoms. The fourth-order valence-corrected chi connectivity index (χ4v) is 9.71. The summed E-state index contributed by atoms with van der Waals surface area (Å²) in [6.07, 6.45) is 0. The summed E-state index contributed by atoms with van der Waals surface area (Å²) in [6, 6.07) is 85.5. The molecule has 0 aliphatic heterocycles. The number of fused-ring (bicyclic) bond motifs is 6. The smallest absolute Gasteiger partial charge is 0.143 e. The predicted octanol–water partition coefficient (Wildman–Crippen LogP) is 16.7. The molecule has 0 atom stereocenters. The molecule has 2 heterocycles. The van der Waals surface area contributed by atoms with Crippen LogP contribution in [0, 0.1) is 0 Å². The molecule has 12 aromatic rings. The lowest BCUT2D eigenvalue weighted by Crippen LogP contribution is -2.00. The van der Waals surface area contributed by atoms with Gasteiger partial charge in [0.2, 0.25) is 0 Å². The molecule has 290 valence electrons. The van der Waals surface area contributed by atoms with Gasteiger partial charge in [-0.15, -0.1) is 0 Å². The molecule has 0 N–H and O–H groups in total. The predicted molar refractivity (Wildman–Crippen MR) is 261 cm³/mol. The van der Waals surface area contributed by atoms with E-state index >= 15 is 0 Å². The third kappa shape index (κ3) is 5.80. The molecule has 0 amide bonds. The lowest BCUT2D eigenvalue weighted by atomic mass is 9.80. The highest BCUT2D eigenvalue weighted by Crippen LogP contribution is 2.54. The quantitative estimate of drug-likeness (QED) is 0.157. The van der Waals surface area contributed by atoms with Crippen molar-refractivity contribution in [2.75, 3.05) is 0 Å². The zero-order chi connectivity index (χ0) is 41.0. The van der Waals surface area contributed by atoms with Crippen molar-refractivity contribution < 1.29 is 4.42 Å². The van der Waals surface area contributed by atoms with E-state index in [1.54, 1.807) is 0 Å². The van der Waals surface area contributed by atoms with Gasteiger partial charge in [-0.25, -0.2) is 0 Å². The van der Waals surface area contributed by atoms with Crippen molar-refractivity contribution in [3.63, 3.8) is 0 Å². The van der Waals surface area contributed by atoms with E-state index in [1.807, 2.05) is 6.07 Å². The summed E-state index contributed by atoms with van der Waals surface area (Å²) >= 11 is 0. The second-order valence-electron chi connectivity index (χ2n) is 16.0. The van der Waals surface area contributed by atoms with Gasteiger partial charge in [-0.3, -0.25) is 0 Å². The van der Waals surface area contributed by atoms with Crippen molar-refractivity contribution in [3.05, 3.63) is 237 Å². The molecule has 0 saturated heterocycles. The first-order valence-corrected chi connectivity index (χ1v) is 21.3. The lowest BCUT2D eigenvalue weighted by molar-refractivity contribution is 0.670. The van der Waals surface area contributed by atoms with Gasteiger partial charge >= 0.3 is 0 Å². The molecular formula is C60H39NO. The molecule has 0 unspecified atom stereocenters. The second kappa shape index (κ2) is 14.8. The summed E-state index contributed by atoms with van der Waals surface area (Å²) < 4.78 is 9.03. The van der Waals surface area contributed by atoms with Gasteiger partial charge < -0.3 is 8.98 Å². The van der Waals surface area contributed by atoms with E-state index in [9.17, 15) is 0 Å². The van der Waals surface area contributed by atoms with Gasteiger partial charge in [-0.05, 0) is 80.9 Å². The molecule has 2 nitrogen and oxygen atoms in total.